The number of para-hydroxylation sites is 4. The van der Waals surface area contributed by atoms with E-state index in [-0.39, 0.29) is 36.6 Å². The third-order valence-electron chi connectivity index (χ3n) is 11.3. The van der Waals surface area contributed by atoms with Crippen molar-refractivity contribution >= 4 is 22.7 Å². The van der Waals surface area contributed by atoms with E-state index in [9.17, 15) is 10.2 Å². The third-order valence-corrected chi connectivity index (χ3v) is 11.3. The highest BCUT2D eigenvalue weighted by molar-refractivity contribution is 5.64. The molecule has 0 bridgehead atoms. The van der Waals surface area contributed by atoms with Gasteiger partial charge in [0.25, 0.3) is 0 Å². The van der Waals surface area contributed by atoms with Crippen LogP contribution in [0.4, 0.5) is 22.7 Å². The zero-order valence-electron chi connectivity index (χ0n) is 36.1. The minimum absolute atomic E-state index is 0.0129. The summed E-state index contributed by atoms with van der Waals surface area (Å²) in [6.07, 6.45) is 5.00. The number of nitrogens with zero attached hydrogens (tertiary/aromatic N) is 4. The Bertz CT molecular complexity index is 1590. The summed E-state index contributed by atoms with van der Waals surface area (Å²) in [5.41, 5.74) is 9.85. The molecule has 4 rings (SSSR count). The van der Waals surface area contributed by atoms with E-state index >= 15 is 0 Å². The van der Waals surface area contributed by atoms with E-state index in [1.807, 2.05) is 12.2 Å². The molecule has 0 aliphatic heterocycles. The molecule has 7 heteroatoms. The lowest BCUT2D eigenvalue weighted by Gasteiger charge is -2.31. The van der Waals surface area contributed by atoms with E-state index in [2.05, 4.69) is 172 Å². The Morgan fingerprint density at radius 3 is 0.877 bits per heavy atom. The highest BCUT2D eigenvalue weighted by atomic mass is 16.5. The molecule has 0 unspecified atom stereocenters. The molecule has 0 aliphatic rings. The van der Waals surface area contributed by atoms with E-state index in [1.165, 1.54) is 45.0 Å². The lowest BCUT2D eigenvalue weighted by molar-refractivity contribution is 0.121. The molecule has 2 N–H and O–H groups in total. The van der Waals surface area contributed by atoms with Gasteiger partial charge in [0.15, 0.2) is 0 Å². The fraction of sp³-hybridized carbons (Fsp3) is 0.440. The summed E-state index contributed by atoms with van der Waals surface area (Å²) in [6, 6.07) is 34.7. The molecule has 0 aliphatic carbocycles. The minimum Gasteiger partial charge on any atom is -0.510 e. The number of ether oxygens (including phenoxy) is 1. The van der Waals surface area contributed by atoms with Crippen molar-refractivity contribution < 1.29 is 14.9 Å². The number of aliphatic hydroxyl groups excluding tert-OH is 2. The van der Waals surface area contributed by atoms with Gasteiger partial charge in [-0.25, -0.2) is 0 Å². The minimum atomic E-state index is 0.0129. The Labute approximate surface area is 344 Å². The molecule has 308 valence electrons. The SMILES string of the molecule is CCN(CC)c1ccccc1C(CC=C(O)COCC(O)=CCC(c1ccccc1N(CC)CC)c1ccccc1N(CC)CC)c1ccccc1N(CC)CC. The molecule has 0 saturated heterocycles. The molecular formula is C50H70N4O3. The first kappa shape index (κ1) is 44.8. The van der Waals surface area contributed by atoms with Crippen LogP contribution in [0.1, 0.15) is 102 Å². The van der Waals surface area contributed by atoms with E-state index < -0.39 is 0 Å². The second kappa shape index (κ2) is 23.4. The maximum absolute atomic E-state index is 11.2. The summed E-state index contributed by atoms with van der Waals surface area (Å²) in [6.45, 7) is 24.9. The molecule has 0 fully saturated rings. The van der Waals surface area contributed by atoms with Crippen LogP contribution in [0.25, 0.3) is 0 Å². The van der Waals surface area contributed by atoms with Crippen molar-refractivity contribution in [2.75, 3.05) is 85.2 Å². The van der Waals surface area contributed by atoms with Crippen molar-refractivity contribution in [3.8, 4) is 0 Å². The lowest BCUT2D eigenvalue weighted by Crippen LogP contribution is -2.26. The Balaban J connectivity index is 1.59. The van der Waals surface area contributed by atoms with Gasteiger partial charge in [0.1, 0.15) is 24.7 Å². The molecule has 0 radical (unpaired) electrons. The summed E-state index contributed by atoms with van der Waals surface area (Å²) in [7, 11) is 0. The van der Waals surface area contributed by atoms with Gasteiger partial charge in [-0.05, 0) is 127 Å². The fourth-order valence-electron chi connectivity index (χ4n) is 8.27. The molecule has 4 aromatic rings. The number of allylic oxidation sites excluding steroid dienone is 2. The normalized spacial score (nSPS) is 12.0. The largest absolute Gasteiger partial charge is 0.510 e. The molecule has 0 amide bonds. The first-order valence-corrected chi connectivity index (χ1v) is 21.5. The molecule has 0 atom stereocenters. The van der Waals surface area contributed by atoms with E-state index in [1.54, 1.807) is 0 Å². The molecule has 0 heterocycles. The number of aliphatic hydroxyl groups is 2. The monoisotopic (exact) mass is 775 g/mol. The number of rotatable bonds is 24. The van der Waals surface area contributed by atoms with Gasteiger partial charge in [0, 0.05) is 86.9 Å². The predicted octanol–water partition coefficient (Wildman–Crippen LogP) is 11.7. The van der Waals surface area contributed by atoms with Crippen molar-refractivity contribution in [3.05, 3.63) is 143 Å². The van der Waals surface area contributed by atoms with Crippen LogP contribution in [0, 0.1) is 0 Å². The summed E-state index contributed by atoms with van der Waals surface area (Å²) in [4.78, 5) is 9.61. The van der Waals surface area contributed by atoms with Crippen LogP contribution >= 0.6 is 0 Å². The molecule has 4 aromatic carbocycles. The second-order valence-electron chi connectivity index (χ2n) is 14.4. The Morgan fingerprint density at radius 2 is 0.649 bits per heavy atom. The Hall–Kier alpha value is -4.88. The van der Waals surface area contributed by atoms with Crippen molar-refractivity contribution in [2.45, 2.75) is 80.1 Å². The Morgan fingerprint density at radius 1 is 0.421 bits per heavy atom. The highest BCUT2D eigenvalue weighted by Crippen LogP contribution is 2.41. The van der Waals surface area contributed by atoms with Crippen LogP contribution in [0.5, 0.6) is 0 Å². The zero-order valence-corrected chi connectivity index (χ0v) is 36.1. The van der Waals surface area contributed by atoms with Gasteiger partial charge in [0.2, 0.25) is 0 Å². The first-order valence-electron chi connectivity index (χ1n) is 21.5. The smallest absolute Gasteiger partial charge is 0.114 e. The number of benzene rings is 4. The van der Waals surface area contributed by atoms with E-state index in [0.717, 1.165) is 52.4 Å². The van der Waals surface area contributed by atoms with Crippen molar-refractivity contribution in [2.24, 2.45) is 0 Å². The average molecular weight is 775 g/mol. The van der Waals surface area contributed by atoms with Gasteiger partial charge in [0.05, 0.1) is 0 Å². The number of anilines is 4. The first-order chi connectivity index (χ1) is 27.8. The third kappa shape index (κ3) is 11.6. The quantitative estimate of drug-likeness (QED) is 0.0687. The van der Waals surface area contributed by atoms with E-state index in [0.29, 0.717) is 12.8 Å². The molecule has 0 spiro atoms. The van der Waals surface area contributed by atoms with Crippen LogP contribution in [-0.4, -0.2) is 75.8 Å². The maximum atomic E-state index is 11.2. The molecule has 0 aromatic heterocycles. The zero-order chi connectivity index (χ0) is 41.2. The van der Waals surface area contributed by atoms with Crippen LogP contribution < -0.4 is 19.6 Å². The van der Waals surface area contributed by atoms with Crippen LogP contribution in [-0.2, 0) is 4.74 Å². The summed E-state index contributed by atoms with van der Waals surface area (Å²) in [5.74, 6) is 0.356. The van der Waals surface area contributed by atoms with Gasteiger partial charge in [-0.15, -0.1) is 0 Å². The fourth-order valence-corrected chi connectivity index (χ4v) is 8.27. The van der Waals surface area contributed by atoms with Crippen molar-refractivity contribution in [1.82, 2.24) is 0 Å². The van der Waals surface area contributed by atoms with Gasteiger partial charge in [-0.2, -0.15) is 0 Å². The molecule has 7 nitrogen and oxygen atoms in total. The summed E-state index contributed by atoms with van der Waals surface area (Å²) < 4.78 is 5.96. The molecule has 57 heavy (non-hydrogen) atoms. The topological polar surface area (TPSA) is 62.7 Å². The van der Waals surface area contributed by atoms with E-state index in [4.69, 9.17) is 4.74 Å². The Kier molecular flexibility index (Phi) is 18.4. The van der Waals surface area contributed by atoms with Crippen molar-refractivity contribution in [3.63, 3.8) is 0 Å². The summed E-state index contributed by atoms with van der Waals surface area (Å²) in [5, 5.41) is 22.5. The van der Waals surface area contributed by atoms with Gasteiger partial charge >= 0.3 is 0 Å². The van der Waals surface area contributed by atoms with Gasteiger partial charge < -0.3 is 34.5 Å². The predicted molar refractivity (Wildman–Crippen MR) is 245 cm³/mol. The maximum Gasteiger partial charge on any atom is 0.114 e. The number of hydrogen-bond acceptors (Lipinski definition) is 7. The van der Waals surface area contributed by atoms with Gasteiger partial charge in [-0.1, -0.05) is 72.8 Å². The van der Waals surface area contributed by atoms with Crippen molar-refractivity contribution in [1.29, 1.82) is 0 Å². The standard InChI is InChI=1S/C50H70N4O3/c1-9-51(10-2)47-29-21-17-25-43(47)41(44-26-18-22-30-48(44)52(11-3)12-4)35-33-39(55)37-57-38-40(56)34-36-42(45-27-19-23-31-49(45)53(13-5)14-6)46-28-20-24-32-50(46)54(15-7)16-8/h17-34,41-42,55-56H,9-16,35-38H2,1-8H3. The second-order valence-corrected chi connectivity index (χ2v) is 14.4. The molecule has 0 saturated carbocycles. The number of hydrogen-bond donors (Lipinski definition) is 2. The van der Waals surface area contributed by atoms with Crippen LogP contribution in [0.2, 0.25) is 0 Å². The highest BCUT2D eigenvalue weighted by Gasteiger charge is 2.25. The average Bonchev–Trinajstić information content (AvgIpc) is 3.24. The lowest BCUT2D eigenvalue weighted by atomic mass is 9.85. The molecular weight excluding hydrogens is 705 g/mol. The summed E-state index contributed by atoms with van der Waals surface area (Å²) >= 11 is 0. The van der Waals surface area contributed by atoms with Gasteiger partial charge in [-0.3, -0.25) is 0 Å². The van der Waals surface area contributed by atoms with Crippen LogP contribution in [0.3, 0.4) is 0 Å². The van der Waals surface area contributed by atoms with Crippen LogP contribution in [0.15, 0.2) is 121 Å².